The van der Waals surface area contributed by atoms with E-state index in [0.717, 1.165) is 5.56 Å². The summed E-state index contributed by atoms with van der Waals surface area (Å²) in [5.41, 5.74) is 7.30. The standard InChI is InChI=1S/C9H12N6/c1-15-5-7(3-14-15)2-12-9-8(10)4-11-6-13-9/h3-6H,2,10H2,1H3,(H,11,12,13). The third-order valence-electron chi connectivity index (χ3n) is 1.96. The molecule has 0 atom stereocenters. The maximum absolute atomic E-state index is 5.68. The van der Waals surface area contributed by atoms with Gasteiger partial charge in [-0.1, -0.05) is 0 Å². The summed E-state index contributed by atoms with van der Waals surface area (Å²) in [6.07, 6.45) is 6.76. The number of rotatable bonds is 3. The number of nitrogens with zero attached hydrogens (tertiary/aromatic N) is 4. The number of aromatic nitrogens is 4. The first kappa shape index (κ1) is 9.45. The van der Waals surface area contributed by atoms with Crippen LogP contribution in [-0.2, 0) is 13.6 Å². The summed E-state index contributed by atoms with van der Waals surface area (Å²) in [5, 5.41) is 7.18. The number of nitrogens with two attached hydrogens (primary N) is 1. The van der Waals surface area contributed by atoms with Crippen molar-refractivity contribution in [2.75, 3.05) is 11.1 Å². The van der Waals surface area contributed by atoms with E-state index in [9.17, 15) is 0 Å². The van der Waals surface area contributed by atoms with Gasteiger partial charge in [-0.25, -0.2) is 9.97 Å². The molecule has 3 N–H and O–H groups in total. The number of nitrogen functional groups attached to an aromatic ring is 1. The minimum absolute atomic E-state index is 0.543. The van der Waals surface area contributed by atoms with Gasteiger partial charge >= 0.3 is 0 Å². The van der Waals surface area contributed by atoms with Gasteiger partial charge in [0.15, 0.2) is 5.82 Å². The van der Waals surface area contributed by atoms with Gasteiger partial charge in [0, 0.05) is 25.4 Å². The van der Waals surface area contributed by atoms with E-state index in [2.05, 4.69) is 20.4 Å². The summed E-state index contributed by atoms with van der Waals surface area (Å²) in [4.78, 5) is 7.84. The molecule has 0 spiro atoms. The van der Waals surface area contributed by atoms with Crippen LogP contribution < -0.4 is 11.1 Å². The van der Waals surface area contributed by atoms with Crippen LogP contribution in [0, 0.1) is 0 Å². The van der Waals surface area contributed by atoms with Gasteiger partial charge in [0.25, 0.3) is 0 Å². The Balaban J connectivity index is 2.02. The molecule has 0 unspecified atom stereocenters. The van der Waals surface area contributed by atoms with Crippen molar-refractivity contribution in [1.82, 2.24) is 19.7 Å². The van der Waals surface area contributed by atoms with Crippen molar-refractivity contribution in [1.29, 1.82) is 0 Å². The van der Waals surface area contributed by atoms with Crippen LogP contribution in [0.2, 0.25) is 0 Å². The third kappa shape index (κ3) is 2.22. The molecule has 6 nitrogen and oxygen atoms in total. The zero-order valence-electron chi connectivity index (χ0n) is 8.38. The smallest absolute Gasteiger partial charge is 0.152 e. The van der Waals surface area contributed by atoms with Gasteiger partial charge in [-0.3, -0.25) is 4.68 Å². The second-order valence-electron chi connectivity index (χ2n) is 3.20. The van der Waals surface area contributed by atoms with Gasteiger partial charge in [0.1, 0.15) is 6.33 Å². The molecule has 15 heavy (non-hydrogen) atoms. The van der Waals surface area contributed by atoms with Gasteiger partial charge in [-0.2, -0.15) is 5.10 Å². The fraction of sp³-hybridized carbons (Fsp3) is 0.222. The predicted octanol–water partition coefficient (Wildman–Crippen LogP) is 0.404. The van der Waals surface area contributed by atoms with Crippen LogP contribution in [0.25, 0.3) is 0 Å². The van der Waals surface area contributed by atoms with Crippen molar-refractivity contribution in [3.05, 3.63) is 30.5 Å². The van der Waals surface area contributed by atoms with Gasteiger partial charge in [0.2, 0.25) is 0 Å². The van der Waals surface area contributed by atoms with Crippen LogP contribution in [0.15, 0.2) is 24.9 Å². The Bertz CT molecular complexity index is 449. The molecule has 0 amide bonds. The number of anilines is 2. The average molecular weight is 204 g/mol. The van der Waals surface area contributed by atoms with Gasteiger partial charge < -0.3 is 11.1 Å². The quantitative estimate of drug-likeness (QED) is 0.756. The summed E-state index contributed by atoms with van der Waals surface area (Å²) in [5.74, 6) is 0.647. The number of aryl methyl sites for hydroxylation is 1. The van der Waals surface area contributed by atoms with E-state index in [1.807, 2.05) is 13.2 Å². The molecule has 0 aliphatic rings. The van der Waals surface area contributed by atoms with Crippen molar-refractivity contribution in [2.24, 2.45) is 7.05 Å². The summed E-state index contributed by atoms with van der Waals surface area (Å²) in [6.45, 7) is 0.648. The lowest BCUT2D eigenvalue weighted by molar-refractivity contribution is 0.767. The van der Waals surface area contributed by atoms with Crippen LogP contribution in [0.5, 0.6) is 0 Å². The van der Waals surface area contributed by atoms with Crippen LogP contribution >= 0.6 is 0 Å². The molecule has 78 valence electrons. The average Bonchev–Trinajstić information content (AvgIpc) is 2.63. The Morgan fingerprint density at radius 1 is 1.47 bits per heavy atom. The van der Waals surface area contributed by atoms with E-state index in [0.29, 0.717) is 18.1 Å². The predicted molar refractivity (Wildman–Crippen MR) is 57.0 cm³/mol. The summed E-state index contributed by atoms with van der Waals surface area (Å²) < 4.78 is 1.75. The van der Waals surface area contributed by atoms with Crippen molar-refractivity contribution in [3.63, 3.8) is 0 Å². The Labute approximate surface area is 87.2 Å². The molecule has 2 heterocycles. The van der Waals surface area contributed by atoms with E-state index in [-0.39, 0.29) is 0 Å². The van der Waals surface area contributed by atoms with Crippen molar-refractivity contribution < 1.29 is 0 Å². The molecule has 0 bridgehead atoms. The maximum atomic E-state index is 5.68. The largest absolute Gasteiger partial charge is 0.394 e. The highest BCUT2D eigenvalue weighted by Crippen LogP contribution is 2.12. The molecule has 0 aliphatic heterocycles. The third-order valence-corrected chi connectivity index (χ3v) is 1.96. The second-order valence-corrected chi connectivity index (χ2v) is 3.20. The maximum Gasteiger partial charge on any atom is 0.152 e. The van der Waals surface area contributed by atoms with Crippen molar-refractivity contribution in [3.8, 4) is 0 Å². The lowest BCUT2D eigenvalue weighted by Gasteiger charge is -2.05. The fourth-order valence-electron chi connectivity index (χ4n) is 1.24. The van der Waals surface area contributed by atoms with Crippen LogP contribution in [0.1, 0.15) is 5.56 Å². The second kappa shape index (κ2) is 3.95. The molecule has 0 saturated heterocycles. The molecule has 6 heteroatoms. The Kier molecular flexibility index (Phi) is 2.49. The van der Waals surface area contributed by atoms with E-state index >= 15 is 0 Å². The highest BCUT2D eigenvalue weighted by Gasteiger charge is 2.00. The zero-order chi connectivity index (χ0) is 10.7. The van der Waals surface area contributed by atoms with E-state index in [4.69, 9.17) is 5.73 Å². The molecule has 0 aliphatic carbocycles. The first-order valence-electron chi connectivity index (χ1n) is 4.52. The minimum Gasteiger partial charge on any atom is -0.394 e. The normalized spacial score (nSPS) is 10.2. The Morgan fingerprint density at radius 2 is 2.33 bits per heavy atom. The van der Waals surface area contributed by atoms with Crippen molar-refractivity contribution in [2.45, 2.75) is 6.54 Å². The minimum atomic E-state index is 0.543. The number of hydrogen-bond donors (Lipinski definition) is 2. The lowest BCUT2D eigenvalue weighted by atomic mass is 10.3. The topological polar surface area (TPSA) is 81.7 Å². The molecular formula is C9H12N6. The Hall–Kier alpha value is -2.11. The molecule has 0 saturated carbocycles. The monoisotopic (exact) mass is 204 g/mol. The van der Waals surface area contributed by atoms with E-state index in [1.165, 1.54) is 6.33 Å². The summed E-state index contributed by atoms with van der Waals surface area (Å²) in [7, 11) is 1.88. The molecule has 0 radical (unpaired) electrons. The van der Waals surface area contributed by atoms with Crippen LogP contribution in [0.3, 0.4) is 0 Å². The number of hydrogen-bond acceptors (Lipinski definition) is 5. The van der Waals surface area contributed by atoms with Gasteiger partial charge in [-0.15, -0.1) is 0 Å². The van der Waals surface area contributed by atoms with Crippen LogP contribution in [0.4, 0.5) is 11.5 Å². The summed E-state index contributed by atoms with van der Waals surface area (Å²) in [6, 6.07) is 0. The Morgan fingerprint density at radius 3 is 3.00 bits per heavy atom. The highest BCUT2D eigenvalue weighted by atomic mass is 15.2. The van der Waals surface area contributed by atoms with Gasteiger partial charge in [0.05, 0.1) is 18.1 Å². The van der Waals surface area contributed by atoms with Crippen LogP contribution in [-0.4, -0.2) is 19.7 Å². The zero-order valence-corrected chi connectivity index (χ0v) is 8.38. The fourth-order valence-corrected chi connectivity index (χ4v) is 1.24. The van der Waals surface area contributed by atoms with Crippen molar-refractivity contribution >= 4 is 11.5 Å². The van der Waals surface area contributed by atoms with Gasteiger partial charge in [-0.05, 0) is 0 Å². The lowest BCUT2D eigenvalue weighted by Crippen LogP contribution is -2.04. The number of nitrogens with one attached hydrogen (secondary N) is 1. The highest BCUT2D eigenvalue weighted by molar-refractivity contribution is 5.58. The summed E-state index contributed by atoms with van der Waals surface area (Å²) >= 11 is 0. The SMILES string of the molecule is Cn1cc(CNc2ncncc2N)cn1. The molecule has 2 aromatic heterocycles. The first-order chi connectivity index (χ1) is 7.25. The first-order valence-corrected chi connectivity index (χ1v) is 4.52. The molecule has 0 fully saturated rings. The molecule has 2 rings (SSSR count). The molecule has 2 aromatic rings. The molecule has 0 aromatic carbocycles. The van der Waals surface area contributed by atoms with E-state index < -0.39 is 0 Å². The molecular weight excluding hydrogens is 192 g/mol. The van der Waals surface area contributed by atoms with E-state index in [1.54, 1.807) is 17.1 Å².